The van der Waals surface area contributed by atoms with Crippen LogP contribution in [0.25, 0.3) is 66.2 Å². The van der Waals surface area contributed by atoms with Crippen molar-refractivity contribution >= 4 is 49.3 Å². The van der Waals surface area contributed by atoms with E-state index in [-0.39, 0.29) is 21.1 Å². The minimum Gasteiger partial charge on any atom is -0.503 e. The molecule has 4 aromatic heterocycles. The number of imidazole rings is 1. The smallest absolute Gasteiger partial charge is 0.503 e. The molecule has 0 N–H and O–H groups in total. The number of fused-ring (bicyclic) bond motifs is 9. The summed E-state index contributed by atoms with van der Waals surface area (Å²) in [5.74, 6) is 1.20. The fourth-order valence-electron chi connectivity index (χ4n) is 6.12. The SMILES string of the molecule is [Pt+2].[c-]1c(Oc2[c-]c3c(cc2)c2ccccc2n2cc(-c4ccccc4)nc32)cccc1-n1c2ccccc2c2cccnc21. The molecule has 9 aromatic rings. The van der Waals surface area contributed by atoms with Crippen molar-refractivity contribution in [2.75, 3.05) is 0 Å². The number of hydrogen-bond donors (Lipinski definition) is 0. The van der Waals surface area contributed by atoms with Crippen molar-refractivity contribution in [3.05, 3.63) is 146 Å². The zero-order valence-corrected chi connectivity index (χ0v) is 25.5. The predicted molar refractivity (Wildman–Crippen MR) is 172 cm³/mol. The molecule has 0 atom stereocenters. The third-order valence-corrected chi connectivity index (χ3v) is 8.02. The number of pyridine rings is 2. The van der Waals surface area contributed by atoms with E-state index in [2.05, 4.69) is 94.0 Å². The largest absolute Gasteiger partial charge is 2.00 e. The van der Waals surface area contributed by atoms with Crippen molar-refractivity contribution in [1.82, 2.24) is 18.9 Å². The van der Waals surface area contributed by atoms with E-state index in [1.165, 1.54) is 0 Å². The van der Waals surface area contributed by atoms with E-state index in [1.54, 1.807) is 0 Å². The van der Waals surface area contributed by atoms with Gasteiger partial charge in [0.1, 0.15) is 5.65 Å². The average Bonchev–Trinajstić information content (AvgIpc) is 3.66. The Morgan fingerprint density at radius 2 is 1.30 bits per heavy atom. The summed E-state index contributed by atoms with van der Waals surface area (Å²) in [5, 5.41) is 5.37. The topological polar surface area (TPSA) is 44.4 Å². The van der Waals surface area contributed by atoms with E-state index in [4.69, 9.17) is 14.7 Å². The summed E-state index contributed by atoms with van der Waals surface area (Å²) >= 11 is 0. The first kappa shape index (κ1) is 26.4. The van der Waals surface area contributed by atoms with Gasteiger partial charge in [0, 0.05) is 45.7 Å². The van der Waals surface area contributed by atoms with Gasteiger partial charge in [0.05, 0.1) is 16.9 Å². The molecule has 5 aromatic carbocycles. The van der Waals surface area contributed by atoms with Gasteiger partial charge in [-0.2, -0.15) is 6.07 Å². The Labute approximate surface area is 267 Å². The molecule has 0 radical (unpaired) electrons. The summed E-state index contributed by atoms with van der Waals surface area (Å²) in [6.45, 7) is 0. The first-order valence-electron chi connectivity index (χ1n) is 14.2. The van der Waals surface area contributed by atoms with Crippen molar-refractivity contribution in [3.8, 4) is 28.4 Å². The molecule has 0 saturated carbocycles. The molecule has 0 aliphatic heterocycles. The summed E-state index contributed by atoms with van der Waals surface area (Å²) in [4.78, 5) is 9.78. The van der Waals surface area contributed by atoms with E-state index < -0.39 is 0 Å². The molecule has 5 nitrogen and oxygen atoms in total. The maximum absolute atomic E-state index is 6.42. The Morgan fingerprint density at radius 1 is 0.568 bits per heavy atom. The first-order valence-corrected chi connectivity index (χ1v) is 14.2. The number of aromatic nitrogens is 4. The predicted octanol–water partition coefficient (Wildman–Crippen LogP) is 9.19. The Hall–Kier alpha value is -5.25. The minimum absolute atomic E-state index is 0. The van der Waals surface area contributed by atoms with Crippen molar-refractivity contribution in [2.24, 2.45) is 0 Å². The zero-order valence-electron chi connectivity index (χ0n) is 23.2. The van der Waals surface area contributed by atoms with Crippen LogP contribution in [0.15, 0.2) is 134 Å². The van der Waals surface area contributed by atoms with Crippen LogP contribution in [0.2, 0.25) is 0 Å². The van der Waals surface area contributed by atoms with E-state index in [0.717, 1.165) is 66.2 Å². The molecule has 0 aliphatic rings. The van der Waals surface area contributed by atoms with Crippen LogP contribution >= 0.6 is 0 Å². The van der Waals surface area contributed by atoms with E-state index in [0.29, 0.717) is 11.5 Å². The van der Waals surface area contributed by atoms with Crippen LogP contribution in [0, 0.1) is 12.1 Å². The van der Waals surface area contributed by atoms with E-state index >= 15 is 0 Å². The standard InChI is InChI=1S/C38H22N4O.Pt/c1-2-10-25(11-3-1)34-24-41-35-17-6-4-14-30(35)29-20-19-28(23-33(29)38(41)40-34)43-27-13-8-12-26(22-27)42-36-18-7-5-15-31(36)32-16-9-21-39-37(32)42;/h1-21,24H;/q-2;+2. The number of rotatable bonds is 4. The van der Waals surface area contributed by atoms with Gasteiger partial charge in [0.15, 0.2) is 0 Å². The van der Waals surface area contributed by atoms with Gasteiger partial charge >= 0.3 is 21.1 Å². The Balaban J connectivity index is 0.00000289. The number of ether oxygens (including phenoxy) is 1. The third kappa shape index (κ3) is 4.12. The number of para-hydroxylation sites is 2. The molecule has 0 unspecified atom stereocenters. The average molecular weight is 746 g/mol. The molecule has 210 valence electrons. The molecule has 44 heavy (non-hydrogen) atoms. The fourth-order valence-corrected chi connectivity index (χ4v) is 6.12. The number of nitrogens with zero attached hydrogens (tertiary/aromatic N) is 4. The van der Waals surface area contributed by atoms with Crippen LogP contribution in [0.4, 0.5) is 0 Å². The van der Waals surface area contributed by atoms with Crippen molar-refractivity contribution in [1.29, 1.82) is 0 Å². The summed E-state index contributed by atoms with van der Waals surface area (Å²) in [5.41, 5.74) is 6.74. The minimum atomic E-state index is 0. The maximum Gasteiger partial charge on any atom is 2.00 e. The molecule has 4 heterocycles. The normalized spacial score (nSPS) is 11.5. The van der Waals surface area contributed by atoms with Crippen LogP contribution in [-0.4, -0.2) is 18.9 Å². The summed E-state index contributed by atoms with van der Waals surface area (Å²) < 4.78 is 10.7. The third-order valence-electron chi connectivity index (χ3n) is 8.02. The summed E-state index contributed by atoms with van der Waals surface area (Å²) in [6.07, 6.45) is 3.93. The van der Waals surface area contributed by atoms with Gasteiger partial charge in [0.2, 0.25) is 0 Å². The quantitative estimate of drug-likeness (QED) is 0.133. The first-order chi connectivity index (χ1) is 21.3. The molecule has 0 spiro atoms. The maximum atomic E-state index is 6.42. The van der Waals surface area contributed by atoms with Gasteiger partial charge in [-0.3, -0.25) is 4.98 Å². The van der Waals surface area contributed by atoms with E-state index in [9.17, 15) is 0 Å². The molecule has 6 heteroatoms. The summed E-state index contributed by atoms with van der Waals surface area (Å²) in [6, 6.07) is 48.1. The second-order valence-electron chi connectivity index (χ2n) is 10.5. The monoisotopic (exact) mass is 745 g/mol. The van der Waals surface area contributed by atoms with Crippen LogP contribution in [-0.2, 0) is 21.1 Å². The van der Waals surface area contributed by atoms with Gasteiger partial charge in [0.25, 0.3) is 0 Å². The second kappa shape index (κ2) is 10.5. The van der Waals surface area contributed by atoms with Crippen LogP contribution < -0.4 is 4.74 Å². The number of hydrogen-bond acceptors (Lipinski definition) is 3. The van der Waals surface area contributed by atoms with Gasteiger partial charge in [-0.1, -0.05) is 89.3 Å². The van der Waals surface area contributed by atoms with Crippen molar-refractivity contribution in [2.45, 2.75) is 0 Å². The Kier molecular flexibility index (Phi) is 6.28. The Bertz CT molecular complexity index is 2440. The van der Waals surface area contributed by atoms with Crippen LogP contribution in [0.1, 0.15) is 0 Å². The fraction of sp³-hybridized carbons (Fsp3) is 0. The van der Waals surface area contributed by atoms with Gasteiger partial charge in [-0.05, 0) is 29.7 Å². The van der Waals surface area contributed by atoms with E-state index in [1.807, 2.05) is 60.8 Å². The molecule has 9 rings (SSSR count). The van der Waals surface area contributed by atoms with Crippen molar-refractivity contribution < 1.29 is 25.8 Å². The molecule has 0 saturated heterocycles. The van der Waals surface area contributed by atoms with Crippen molar-refractivity contribution in [3.63, 3.8) is 0 Å². The summed E-state index contributed by atoms with van der Waals surface area (Å²) in [7, 11) is 0. The Morgan fingerprint density at radius 3 is 2.16 bits per heavy atom. The van der Waals surface area contributed by atoms with Gasteiger partial charge in [-0.25, -0.2) is 4.98 Å². The van der Waals surface area contributed by atoms with Gasteiger partial charge < -0.3 is 13.7 Å². The molecule has 0 aliphatic carbocycles. The van der Waals surface area contributed by atoms with Crippen LogP contribution in [0.5, 0.6) is 11.5 Å². The van der Waals surface area contributed by atoms with Crippen LogP contribution in [0.3, 0.4) is 0 Å². The molecule has 0 bridgehead atoms. The molecular weight excluding hydrogens is 724 g/mol. The number of benzene rings is 5. The second-order valence-corrected chi connectivity index (χ2v) is 10.5. The zero-order chi connectivity index (χ0) is 28.3. The molecule has 0 fully saturated rings. The molecule has 0 amide bonds. The van der Waals surface area contributed by atoms with Gasteiger partial charge in [-0.15, -0.1) is 30.3 Å². The molecular formula is C38H22N4OPt.